The van der Waals surface area contributed by atoms with E-state index >= 15 is 0 Å². The van der Waals surface area contributed by atoms with E-state index in [0.717, 1.165) is 30.8 Å². The maximum atomic E-state index is 12.7. The molecule has 1 saturated heterocycles. The number of aliphatic hydroxyl groups is 1. The van der Waals surface area contributed by atoms with E-state index in [2.05, 4.69) is 22.2 Å². The molecule has 0 unspecified atom stereocenters. The van der Waals surface area contributed by atoms with Gasteiger partial charge in [-0.1, -0.05) is 18.1 Å². The van der Waals surface area contributed by atoms with Crippen LogP contribution in [0.4, 0.5) is 0 Å². The fourth-order valence-electron chi connectivity index (χ4n) is 3.61. The van der Waals surface area contributed by atoms with Crippen LogP contribution in [0.15, 0.2) is 48.5 Å². The lowest BCUT2D eigenvalue weighted by atomic mass is 10.1. The number of likely N-dealkylation sites (tertiary alicyclic amines) is 1. The molecule has 2 N–H and O–H groups in total. The molecule has 2 aromatic rings. The fraction of sp³-hybridized carbons (Fsp3) is 0.375. The number of amides is 1. The molecule has 1 fully saturated rings. The zero-order valence-electron chi connectivity index (χ0n) is 17.2. The SMILES string of the molecule is C#CCOc1ccc(C(=O)N[C@@H]2CN(Cc3cccc(OC)c3)CCC[C@H]2O)cc1. The van der Waals surface area contributed by atoms with E-state index in [1.807, 2.05) is 18.2 Å². The summed E-state index contributed by atoms with van der Waals surface area (Å²) in [4.78, 5) is 15.0. The lowest BCUT2D eigenvalue weighted by molar-refractivity contribution is 0.0798. The van der Waals surface area contributed by atoms with Gasteiger partial charge in [0.25, 0.3) is 5.91 Å². The lowest BCUT2D eigenvalue weighted by Crippen LogP contribution is -2.48. The Morgan fingerprint density at radius 1 is 1.27 bits per heavy atom. The van der Waals surface area contributed by atoms with Crippen LogP contribution in [-0.2, 0) is 6.54 Å². The van der Waals surface area contributed by atoms with Crippen LogP contribution >= 0.6 is 0 Å². The van der Waals surface area contributed by atoms with E-state index in [1.54, 1.807) is 31.4 Å². The third-order valence-corrected chi connectivity index (χ3v) is 5.19. The van der Waals surface area contributed by atoms with E-state index in [-0.39, 0.29) is 18.6 Å². The molecule has 0 radical (unpaired) electrons. The third kappa shape index (κ3) is 5.99. The third-order valence-electron chi connectivity index (χ3n) is 5.19. The molecule has 158 valence electrons. The topological polar surface area (TPSA) is 71.0 Å². The van der Waals surface area contributed by atoms with Crippen molar-refractivity contribution in [1.29, 1.82) is 0 Å². The lowest BCUT2D eigenvalue weighted by Gasteiger charge is -2.27. The largest absolute Gasteiger partial charge is 0.497 e. The van der Waals surface area contributed by atoms with Gasteiger partial charge in [-0.25, -0.2) is 0 Å². The zero-order chi connectivity index (χ0) is 21.3. The fourth-order valence-corrected chi connectivity index (χ4v) is 3.61. The van der Waals surface area contributed by atoms with Gasteiger partial charge in [0.05, 0.1) is 19.3 Å². The van der Waals surface area contributed by atoms with Crippen molar-refractivity contribution in [3.8, 4) is 23.8 Å². The minimum atomic E-state index is -0.581. The minimum absolute atomic E-state index is 0.183. The van der Waals surface area contributed by atoms with E-state index < -0.39 is 6.10 Å². The van der Waals surface area contributed by atoms with Crippen LogP contribution in [0.3, 0.4) is 0 Å². The first kappa shape index (κ1) is 21.7. The summed E-state index contributed by atoms with van der Waals surface area (Å²) in [6.07, 6.45) is 6.13. The summed E-state index contributed by atoms with van der Waals surface area (Å²) in [6, 6.07) is 14.4. The highest BCUT2D eigenvalue weighted by molar-refractivity contribution is 5.94. The summed E-state index contributed by atoms with van der Waals surface area (Å²) in [5.74, 6) is 3.62. The van der Waals surface area contributed by atoms with Gasteiger partial charge in [0.1, 0.15) is 18.1 Å². The van der Waals surface area contributed by atoms with E-state index in [1.165, 1.54) is 0 Å². The van der Waals surface area contributed by atoms with Crippen LogP contribution in [0.2, 0.25) is 0 Å². The normalized spacial score (nSPS) is 19.4. The Balaban J connectivity index is 1.63. The Labute approximate surface area is 177 Å². The average molecular weight is 408 g/mol. The monoisotopic (exact) mass is 408 g/mol. The molecular weight excluding hydrogens is 380 g/mol. The van der Waals surface area contributed by atoms with Gasteiger partial charge in [-0.3, -0.25) is 9.69 Å². The summed E-state index contributed by atoms with van der Waals surface area (Å²) in [7, 11) is 1.65. The first-order valence-corrected chi connectivity index (χ1v) is 10.1. The smallest absolute Gasteiger partial charge is 0.251 e. The first-order valence-electron chi connectivity index (χ1n) is 10.1. The van der Waals surface area contributed by atoms with Gasteiger partial charge in [-0.05, 0) is 61.3 Å². The molecule has 1 heterocycles. The number of aliphatic hydroxyl groups excluding tert-OH is 1. The van der Waals surface area contributed by atoms with Gasteiger partial charge in [0.15, 0.2) is 0 Å². The van der Waals surface area contributed by atoms with Crippen molar-refractivity contribution in [1.82, 2.24) is 10.2 Å². The highest BCUT2D eigenvalue weighted by atomic mass is 16.5. The van der Waals surface area contributed by atoms with Crippen LogP contribution in [0.25, 0.3) is 0 Å². The van der Waals surface area contributed by atoms with Crippen molar-refractivity contribution in [3.63, 3.8) is 0 Å². The number of terminal acetylenes is 1. The predicted molar refractivity (Wildman–Crippen MR) is 116 cm³/mol. The molecule has 1 aliphatic rings. The Morgan fingerprint density at radius 3 is 2.80 bits per heavy atom. The maximum absolute atomic E-state index is 12.7. The second-order valence-electron chi connectivity index (χ2n) is 7.39. The molecule has 1 amide bonds. The molecule has 0 saturated carbocycles. The molecule has 2 atom stereocenters. The van der Waals surface area contributed by atoms with Crippen LogP contribution in [-0.4, -0.2) is 54.9 Å². The number of ether oxygens (including phenoxy) is 2. The number of hydrogen-bond donors (Lipinski definition) is 2. The average Bonchev–Trinajstić information content (AvgIpc) is 2.93. The van der Waals surface area contributed by atoms with Crippen molar-refractivity contribution in [2.45, 2.75) is 31.5 Å². The maximum Gasteiger partial charge on any atom is 0.251 e. The van der Waals surface area contributed by atoms with Crippen LogP contribution < -0.4 is 14.8 Å². The molecule has 1 aliphatic heterocycles. The molecule has 6 nitrogen and oxygen atoms in total. The van der Waals surface area contributed by atoms with E-state index in [0.29, 0.717) is 24.3 Å². The van der Waals surface area contributed by atoms with Gasteiger partial charge >= 0.3 is 0 Å². The number of carbonyl (C=O) groups is 1. The van der Waals surface area contributed by atoms with Crippen molar-refractivity contribution >= 4 is 5.91 Å². The number of rotatable bonds is 7. The Bertz CT molecular complexity index is 876. The number of nitrogens with zero attached hydrogens (tertiary/aromatic N) is 1. The molecule has 0 aliphatic carbocycles. The highest BCUT2D eigenvalue weighted by Crippen LogP contribution is 2.19. The van der Waals surface area contributed by atoms with Crippen molar-refractivity contribution in [2.75, 3.05) is 26.8 Å². The number of hydrogen-bond acceptors (Lipinski definition) is 5. The van der Waals surface area contributed by atoms with Crippen LogP contribution in [0.5, 0.6) is 11.5 Å². The highest BCUT2D eigenvalue weighted by Gasteiger charge is 2.27. The summed E-state index contributed by atoms with van der Waals surface area (Å²) in [5.41, 5.74) is 1.65. The van der Waals surface area contributed by atoms with Crippen molar-refractivity contribution in [3.05, 3.63) is 59.7 Å². The van der Waals surface area contributed by atoms with Crippen molar-refractivity contribution < 1.29 is 19.4 Å². The number of nitrogens with one attached hydrogen (secondary N) is 1. The van der Waals surface area contributed by atoms with Gasteiger partial charge in [0, 0.05) is 18.7 Å². The Morgan fingerprint density at radius 2 is 2.07 bits per heavy atom. The molecule has 3 rings (SSSR count). The summed E-state index contributed by atoms with van der Waals surface area (Å²) >= 11 is 0. The Hall–Kier alpha value is -3.01. The molecule has 30 heavy (non-hydrogen) atoms. The summed E-state index contributed by atoms with van der Waals surface area (Å²) < 4.78 is 10.6. The number of benzene rings is 2. The molecule has 0 bridgehead atoms. The second kappa shape index (κ2) is 10.7. The molecule has 0 spiro atoms. The molecule has 6 heteroatoms. The van der Waals surface area contributed by atoms with E-state index in [4.69, 9.17) is 15.9 Å². The van der Waals surface area contributed by atoms with Gasteiger partial charge in [-0.2, -0.15) is 0 Å². The minimum Gasteiger partial charge on any atom is -0.497 e. The van der Waals surface area contributed by atoms with Gasteiger partial charge in [-0.15, -0.1) is 6.42 Å². The first-order chi connectivity index (χ1) is 14.6. The molecule has 0 aromatic heterocycles. The summed E-state index contributed by atoms with van der Waals surface area (Å²) in [5, 5.41) is 13.5. The predicted octanol–water partition coefficient (Wildman–Crippen LogP) is 2.46. The van der Waals surface area contributed by atoms with Crippen LogP contribution in [0.1, 0.15) is 28.8 Å². The second-order valence-corrected chi connectivity index (χ2v) is 7.39. The molecule has 2 aromatic carbocycles. The van der Waals surface area contributed by atoms with Gasteiger partial charge in [0.2, 0.25) is 0 Å². The number of methoxy groups -OCH3 is 1. The standard InChI is InChI=1S/C24H28N2O4/c1-3-14-30-20-11-9-19(10-12-20)24(28)25-22-17-26(13-5-8-23(22)27)16-18-6-4-7-21(15-18)29-2/h1,4,6-7,9-12,15,22-23,27H,5,8,13-14,16-17H2,2H3,(H,25,28)/t22-,23-/m1/s1. The van der Waals surface area contributed by atoms with Crippen LogP contribution in [0, 0.1) is 12.3 Å². The van der Waals surface area contributed by atoms with Gasteiger partial charge < -0.3 is 19.9 Å². The summed E-state index contributed by atoms with van der Waals surface area (Å²) in [6.45, 7) is 2.36. The number of carbonyl (C=O) groups excluding carboxylic acids is 1. The Kier molecular flexibility index (Phi) is 7.72. The zero-order valence-corrected chi connectivity index (χ0v) is 17.2. The quantitative estimate of drug-likeness (QED) is 0.689. The van der Waals surface area contributed by atoms with E-state index in [9.17, 15) is 9.90 Å². The molecular formula is C24H28N2O4. The van der Waals surface area contributed by atoms with Crippen molar-refractivity contribution in [2.24, 2.45) is 0 Å².